The van der Waals surface area contributed by atoms with E-state index in [1.807, 2.05) is 45.2 Å². The predicted octanol–water partition coefficient (Wildman–Crippen LogP) is 11.6. The van der Waals surface area contributed by atoms with Crippen LogP contribution in [0.5, 0.6) is 0 Å². The molecule has 0 amide bonds. The van der Waals surface area contributed by atoms with Crippen LogP contribution in [-0.4, -0.2) is 12.8 Å². The second-order valence-electron chi connectivity index (χ2n) is 10.4. The zero-order valence-electron chi connectivity index (χ0n) is 28.0. The molecule has 0 heterocycles. The summed E-state index contributed by atoms with van der Waals surface area (Å²) >= 11 is 0. The van der Waals surface area contributed by atoms with Gasteiger partial charge in [-0.1, -0.05) is 151 Å². The molecule has 1 atom stereocenters. The number of allylic oxidation sites excluding steroid dienone is 8. The number of nitrogens with zero attached hydrogens (tertiary/aromatic N) is 1. The van der Waals surface area contributed by atoms with Crippen molar-refractivity contribution in [3.05, 3.63) is 144 Å². The molecule has 2 heteroatoms. The van der Waals surface area contributed by atoms with Crippen LogP contribution in [-0.2, 0) is 6.42 Å². The Balaban J connectivity index is 0.000000606. The highest BCUT2D eigenvalue weighted by Gasteiger charge is 2.20. The largest absolute Gasteiger partial charge is 0.388 e. The standard InChI is InChI=1S/C17H15N.C11H20.C8H13N.C4H10/c1-12(2)18-17-15-9-5-3-7-13(15)11-14-8-4-6-10-16(14)17;1-5-10(4)8-9-11(6-2)7-3;1-4-6-7-8(5-2)9-3;1-3-4-2/h3-10H,1,11H2,2H3;6-7,10H,2,5,8-9H2,1,3-4H3;4-7,9H,1H2,2-3H3;3-4H2,1-2H3/b;11-7+;7-6-,8-5+;. The third-order valence-corrected chi connectivity index (χ3v) is 7.00. The van der Waals surface area contributed by atoms with Gasteiger partial charge in [-0.2, -0.15) is 0 Å². The maximum absolute atomic E-state index is 4.64. The molecule has 2 aromatic carbocycles. The Hall–Kier alpha value is -3.65. The topological polar surface area (TPSA) is 24.4 Å². The summed E-state index contributed by atoms with van der Waals surface area (Å²) in [5.74, 6) is 0.852. The van der Waals surface area contributed by atoms with E-state index in [0.29, 0.717) is 0 Å². The molecule has 1 N–H and O–H groups in total. The van der Waals surface area contributed by atoms with Crippen molar-refractivity contribution in [1.29, 1.82) is 0 Å². The van der Waals surface area contributed by atoms with Crippen molar-refractivity contribution in [2.75, 3.05) is 7.05 Å². The molecular weight excluding hydrogens is 508 g/mol. The van der Waals surface area contributed by atoms with Crippen LogP contribution >= 0.6 is 0 Å². The normalized spacial score (nSPS) is 12.5. The Morgan fingerprint density at radius 3 is 1.86 bits per heavy atom. The monoisotopic (exact) mass is 566 g/mol. The molecule has 0 bridgehead atoms. The van der Waals surface area contributed by atoms with Crippen LogP contribution < -0.4 is 5.32 Å². The van der Waals surface area contributed by atoms with E-state index in [4.69, 9.17) is 0 Å². The Kier molecular flexibility index (Phi) is 21.9. The number of hydrogen-bond donors (Lipinski definition) is 1. The summed E-state index contributed by atoms with van der Waals surface area (Å²) in [6.45, 7) is 26.1. The van der Waals surface area contributed by atoms with Crippen molar-refractivity contribution >= 4 is 5.71 Å². The molecule has 2 aromatic rings. The molecule has 42 heavy (non-hydrogen) atoms. The number of unbranched alkanes of at least 4 members (excludes halogenated alkanes) is 1. The molecule has 2 nitrogen and oxygen atoms in total. The molecular formula is C40H58N2. The minimum Gasteiger partial charge on any atom is -0.388 e. The molecule has 1 aliphatic rings. The number of nitrogens with one attached hydrogen (secondary N) is 1. The molecule has 0 spiro atoms. The van der Waals surface area contributed by atoms with E-state index < -0.39 is 0 Å². The molecule has 1 unspecified atom stereocenters. The molecule has 0 fully saturated rings. The minimum absolute atomic E-state index is 0.844. The summed E-state index contributed by atoms with van der Waals surface area (Å²) in [6.07, 6.45) is 19.1. The molecule has 0 radical (unpaired) electrons. The van der Waals surface area contributed by atoms with Gasteiger partial charge in [0.1, 0.15) is 0 Å². The van der Waals surface area contributed by atoms with Crippen molar-refractivity contribution in [2.24, 2.45) is 10.9 Å². The average Bonchev–Trinajstić information content (AvgIpc) is 3.02. The van der Waals surface area contributed by atoms with E-state index >= 15 is 0 Å². The fourth-order valence-electron chi connectivity index (χ4n) is 3.95. The molecule has 0 saturated heterocycles. The average molecular weight is 567 g/mol. The number of benzene rings is 2. The molecule has 3 rings (SSSR count). The first-order chi connectivity index (χ1) is 20.3. The highest BCUT2D eigenvalue weighted by molar-refractivity contribution is 6.16. The summed E-state index contributed by atoms with van der Waals surface area (Å²) < 4.78 is 0. The van der Waals surface area contributed by atoms with E-state index in [0.717, 1.165) is 29.4 Å². The summed E-state index contributed by atoms with van der Waals surface area (Å²) in [5, 5.41) is 3.01. The first-order valence-corrected chi connectivity index (χ1v) is 15.6. The first-order valence-electron chi connectivity index (χ1n) is 15.6. The Morgan fingerprint density at radius 1 is 0.929 bits per heavy atom. The third kappa shape index (κ3) is 15.4. The number of likely N-dealkylation sites (N-methyl/N-ethyl adjacent to an activating group) is 1. The fraction of sp³-hybridized carbons (Fsp3) is 0.375. The molecule has 1 aliphatic carbocycles. The summed E-state index contributed by atoms with van der Waals surface area (Å²) in [4.78, 5) is 4.64. The van der Waals surface area contributed by atoms with Gasteiger partial charge in [0, 0.05) is 29.6 Å². The Bertz CT molecular complexity index is 1140. The van der Waals surface area contributed by atoms with Gasteiger partial charge in [0.15, 0.2) is 0 Å². The van der Waals surface area contributed by atoms with Gasteiger partial charge in [-0.25, -0.2) is 0 Å². The number of rotatable bonds is 10. The van der Waals surface area contributed by atoms with Gasteiger partial charge in [-0.3, -0.25) is 4.99 Å². The van der Waals surface area contributed by atoms with Gasteiger partial charge in [0.25, 0.3) is 0 Å². The lowest BCUT2D eigenvalue weighted by Crippen LogP contribution is -2.15. The lowest BCUT2D eigenvalue weighted by molar-refractivity contribution is 0.517. The van der Waals surface area contributed by atoms with Crippen LogP contribution in [0.15, 0.2) is 127 Å². The summed E-state index contributed by atoms with van der Waals surface area (Å²) in [5.41, 5.74) is 9.54. The fourth-order valence-corrected chi connectivity index (χ4v) is 3.95. The quantitative estimate of drug-likeness (QED) is 0.242. The van der Waals surface area contributed by atoms with Crippen LogP contribution in [0.3, 0.4) is 0 Å². The van der Waals surface area contributed by atoms with E-state index in [-0.39, 0.29) is 0 Å². The smallest absolute Gasteiger partial charge is 0.0782 e. The van der Waals surface area contributed by atoms with Gasteiger partial charge >= 0.3 is 0 Å². The lowest BCUT2D eigenvalue weighted by atomic mass is 9.84. The molecule has 0 aromatic heterocycles. The van der Waals surface area contributed by atoms with Crippen LogP contribution in [0.2, 0.25) is 0 Å². The van der Waals surface area contributed by atoms with Crippen LogP contribution in [0.25, 0.3) is 0 Å². The molecule has 228 valence electrons. The summed E-state index contributed by atoms with van der Waals surface area (Å²) in [7, 11) is 1.89. The van der Waals surface area contributed by atoms with E-state index in [2.05, 4.69) is 119 Å². The van der Waals surface area contributed by atoms with E-state index in [1.165, 1.54) is 59.9 Å². The maximum atomic E-state index is 4.64. The van der Waals surface area contributed by atoms with Gasteiger partial charge in [-0.15, -0.1) is 0 Å². The minimum atomic E-state index is 0.844. The van der Waals surface area contributed by atoms with Crippen molar-refractivity contribution in [1.82, 2.24) is 5.32 Å². The second-order valence-corrected chi connectivity index (χ2v) is 10.4. The summed E-state index contributed by atoms with van der Waals surface area (Å²) in [6, 6.07) is 17.0. The van der Waals surface area contributed by atoms with E-state index in [9.17, 15) is 0 Å². The Morgan fingerprint density at radius 2 is 1.48 bits per heavy atom. The highest BCUT2D eigenvalue weighted by Crippen LogP contribution is 2.28. The number of aliphatic imine (C=N–C) groups is 1. The van der Waals surface area contributed by atoms with Gasteiger partial charge < -0.3 is 5.32 Å². The van der Waals surface area contributed by atoms with Gasteiger partial charge in [0.05, 0.1) is 5.71 Å². The van der Waals surface area contributed by atoms with Gasteiger partial charge in [-0.05, 0) is 63.2 Å². The molecule has 0 aliphatic heterocycles. The SMILES string of the molecule is C=C(C)N=C1c2ccccc2Cc2ccccc21.C=C/C(=C\C)CCC(C)CC.C=C/C=C\C(=C/C)NC.CCCC. The van der Waals surface area contributed by atoms with Crippen molar-refractivity contribution in [3.8, 4) is 0 Å². The third-order valence-electron chi connectivity index (χ3n) is 7.00. The van der Waals surface area contributed by atoms with Crippen LogP contribution in [0.4, 0.5) is 0 Å². The second kappa shape index (κ2) is 24.0. The van der Waals surface area contributed by atoms with Gasteiger partial charge in [0.2, 0.25) is 0 Å². The number of fused-ring (bicyclic) bond motifs is 2. The number of hydrogen-bond acceptors (Lipinski definition) is 2. The van der Waals surface area contributed by atoms with Crippen molar-refractivity contribution in [3.63, 3.8) is 0 Å². The predicted molar refractivity (Wildman–Crippen MR) is 192 cm³/mol. The first kappa shape index (κ1) is 38.4. The lowest BCUT2D eigenvalue weighted by Gasteiger charge is -2.21. The van der Waals surface area contributed by atoms with Crippen molar-refractivity contribution in [2.45, 2.75) is 87.0 Å². The Labute approximate surface area is 259 Å². The van der Waals surface area contributed by atoms with Crippen LogP contribution in [0.1, 0.15) is 103 Å². The zero-order valence-corrected chi connectivity index (χ0v) is 28.0. The maximum Gasteiger partial charge on any atom is 0.0782 e. The van der Waals surface area contributed by atoms with Crippen LogP contribution in [0, 0.1) is 5.92 Å². The van der Waals surface area contributed by atoms with Crippen molar-refractivity contribution < 1.29 is 0 Å². The highest BCUT2D eigenvalue weighted by atomic mass is 14.8. The van der Waals surface area contributed by atoms with E-state index in [1.54, 1.807) is 6.08 Å². The molecule has 0 saturated carbocycles. The zero-order chi connectivity index (χ0) is 31.8.